The number of aromatic nitrogens is 1. The van der Waals surface area contributed by atoms with Crippen molar-refractivity contribution in [3.05, 3.63) is 82.5 Å². The molecule has 41 heavy (non-hydrogen) atoms. The van der Waals surface area contributed by atoms with E-state index in [4.69, 9.17) is 9.47 Å². The number of carbonyl (C=O) groups excluding carboxylic acids is 2. The maximum absolute atomic E-state index is 14.2. The van der Waals surface area contributed by atoms with E-state index in [1.807, 2.05) is 32.2 Å². The Hall–Kier alpha value is -4.21. The Morgan fingerprint density at radius 1 is 1.07 bits per heavy atom. The molecule has 5 rings (SSSR count). The van der Waals surface area contributed by atoms with Crippen molar-refractivity contribution >= 4 is 17.6 Å². The fraction of sp³-hybridized carbons (Fsp3) is 0.387. The van der Waals surface area contributed by atoms with Gasteiger partial charge in [-0.05, 0) is 62.3 Å². The molecule has 2 fully saturated rings. The molecule has 0 bridgehead atoms. The van der Waals surface area contributed by atoms with Crippen LogP contribution in [0.3, 0.4) is 0 Å². The molecule has 2 aliphatic rings. The average Bonchev–Trinajstić information content (AvgIpc) is 3.65. The first-order valence-electron chi connectivity index (χ1n) is 13.6. The molecule has 2 saturated carbocycles. The van der Waals surface area contributed by atoms with Crippen LogP contribution in [-0.2, 0) is 6.54 Å². The number of amides is 2. The van der Waals surface area contributed by atoms with Gasteiger partial charge in [-0.2, -0.15) is 0 Å². The molecular weight excluding hydrogens is 530 g/mol. The second kappa shape index (κ2) is 11.3. The third-order valence-corrected chi connectivity index (χ3v) is 8.46. The number of methoxy groups -OCH3 is 2. The molecule has 0 radical (unpaired) electrons. The van der Waals surface area contributed by atoms with Crippen LogP contribution in [0.25, 0.3) is 0 Å². The van der Waals surface area contributed by atoms with Gasteiger partial charge < -0.3 is 25.0 Å². The van der Waals surface area contributed by atoms with Crippen LogP contribution in [0.5, 0.6) is 11.5 Å². The third kappa shape index (κ3) is 5.68. The Kier molecular flexibility index (Phi) is 7.84. The molecule has 2 atom stereocenters. The topological polar surface area (TPSA) is 92.8 Å². The van der Waals surface area contributed by atoms with Gasteiger partial charge in [0.15, 0.2) is 0 Å². The number of hydrogen-bond donors (Lipinski definition) is 2. The summed E-state index contributed by atoms with van der Waals surface area (Å²) in [6.45, 7) is 1.57. The van der Waals surface area contributed by atoms with Crippen molar-refractivity contribution in [2.45, 2.75) is 51.2 Å². The van der Waals surface area contributed by atoms with Crippen LogP contribution in [-0.4, -0.2) is 50.1 Å². The van der Waals surface area contributed by atoms with E-state index in [0.29, 0.717) is 17.1 Å². The SMILES string of the molecule is COc1cc(F)c(CNC(=O)c2ccc(N(C)C3CC(NC(=O)c4cccc(OC)c4C)CC34CC4)nc2)c(F)c1. The molecule has 0 aliphatic heterocycles. The van der Waals surface area contributed by atoms with Gasteiger partial charge in [0.05, 0.1) is 19.8 Å². The van der Waals surface area contributed by atoms with Crippen molar-refractivity contribution in [3.63, 3.8) is 0 Å². The molecule has 10 heteroatoms. The second-order valence-corrected chi connectivity index (χ2v) is 10.9. The Morgan fingerprint density at radius 3 is 2.41 bits per heavy atom. The first kappa shape index (κ1) is 28.3. The second-order valence-electron chi connectivity index (χ2n) is 10.9. The van der Waals surface area contributed by atoms with Gasteiger partial charge in [-0.25, -0.2) is 13.8 Å². The van der Waals surface area contributed by atoms with E-state index in [2.05, 4.69) is 20.5 Å². The minimum atomic E-state index is -0.795. The Labute approximate surface area is 238 Å². The van der Waals surface area contributed by atoms with Gasteiger partial charge in [0.25, 0.3) is 11.8 Å². The number of rotatable bonds is 9. The zero-order valence-electron chi connectivity index (χ0n) is 23.6. The summed E-state index contributed by atoms with van der Waals surface area (Å²) in [5, 5.41) is 5.78. The van der Waals surface area contributed by atoms with Gasteiger partial charge in [-0.1, -0.05) is 6.07 Å². The van der Waals surface area contributed by atoms with Gasteiger partial charge in [-0.15, -0.1) is 0 Å². The molecule has 0 saturated heterocycles. The summed E-state index contributed by atoms with van der Waals surface area (Å²) in [7, 11) is 4.90. The van der Waals surface area contributed by atoms with Crippen LogP contribution in [0, 0.1) is 24.0 Å². The fourth-order valence-electron chi connectivity index (χ4n) is 5.98. The van der Waals surface area contributed by atoms with Crippen LogP contribution < -0.4 is 25.0 Å². The summed E-state index contributed by atoms with van der Waals surface area (Å²) in [5.41, 5.74) is 1.58. The molecule has 1 heterocycles. The van der Waals surface area contributed by atoms with Crippen molar-refractivity contribution in [1.82, 2.24) is 15.6 Å². The number of nitrogens with one attached hydrogen (secondary N) is 2. The van der Waals surface area contributed by atoms with Crippen LogP contribution in [0.4, 0.5) is 14.6 Å². The number of hydrogen-bond acceptors (Lipinski definition) is 6. The van der Waals surface area contributed by atoms with Gasteiger partial charge in [0.2, 0.25) is 0 Å². The molecule has 8 nitrogen and oxygen atoms in total. The molecule has 2 amide bonds. The predicted octanol–water partition coefficient (Wildman–Crippen LogP) is 4.79. The summed E-state index contributed by atoms with van der Waals surface area (Å²) in [6, 6.07) is 11.3. The van der Waals surface area contributed by atoms with Crippen LogP contribution >= 0.6 is 0 Å². The number of anilines is 1. The van der Waals surface area contributed by atoms with Crippen molar-refractivity contribution in [3.8, 4) is 11.5 Å². The summed E-state index contributed by atoms with van der Waals surface area (Å²) in [4.78, 5) is 32.4. The lowest BCUT2D eigenvalue weighted by Gasteiger charge is -2.30. The van der Waals surface area contributed by atoms with E-state index < -0.39 is 17.5 Å². The van der Waals surface area contributed by atoms with Crippen LogP contribution in [0.15, 0.2) is 48.7 Å². The lowest BCUT2D eigenvalue weighted by atomic mass is 9.99. The van der Waals surface area contributed by atoms with E-state index >= 15 is 0 Å². The number of pyridine rings is 1. The standard InChI is InChI=1S/C31H34F2N4O4/c1-18-22(6-5-7-26(18)41-4)30(39)36-20-12-27(31(15-20)10-11-31)37(2)28-9-8-19(16-34-28)29(38)35-17-23-24(32)13-21(40-3)14-25(23)33/h5-9,13-14,16,20,27H,10-12,15,17H2,1-4H3,(H,35,38)(H,36,39). The first-order valence-corrected chi connectivity index (χ1v) is 13.6. The van der Waals surface area contributed by atoms with Crippen molar-refractivity contribution in [1.29, 1.82) is 0 Å². The van der Waals surface area contributed by atoms with Crippen LogP contribution in [0.2, 0.25) is 0 Å². The molecule has 2 unspecified atom stereocenters. The van der Waals surface area contributed by atoms with Crippen molar-refractivity contribution < 1.29 is 27.8 Å². The quantitative estimate of drug-likeness (QED) is 0.388. The highest BCUT2D eigenvalue weighted by atomic mass is 19.1. The number of nitrogens with zero attached hydrogens (tertiary/aromatic N) is 2. The fourth-order valence-corrected chi connectivity index (χ4v) is 5.98. The van der Waals surface area contributed by atoms with E-state index in [1.165, 1.54) is 13.3 Å². The molecule has 2 N–H and O–H groups in total. The molecule has 216 valence electrons. The lowest BCUT2D eigenvalue weighted by Crippen LogP contribution is -2.38. The maximum Gasteiger partial charge on any atom is 0.253 e. The van der Waals surface area contributed by atoms with E-state index in [-0.39, 0.29) is 46.8 Å². The lowest BCUT2D eigenvalue weighted by molar-refractivity contribution is 0.0932. The maximum atomic E-state index is 14.2. The van der Waals surface area contributed by atoms with Gasteiger partial charge >= 0.3 is 0 Å². The largest absolute Gasteiger partial charge is 0.497 e. The Balaban J connectivity index is 1.21. The normalized spacial score (nSPS) is 18.6. The number of ether oxygens (including phenoxy) is 2. The van der Waals surface area contributed by atoms with Gasteiger partial charge in [-0.3, -0.25) is 9.59 Å². The molecule has 1 aromatic heterocycles. The molecule has 3 aromatic rings. The summed E-state index contributed by atoms with van der Waals surface area (Å²) in [5.74, 6) is -0.726. The van der Waals surface area contributed by atoms with Gasteiger partial charge in [0, 0.05) is 60.7 Å². The monoisotopic (exact) mass is 564 g/mol. The van der Waals surface area contributed by atoms with E-state index in [0.717, 1.165) is 43.4 Å². The highest BCUT2D eigenvalue weighted by Gasteiger charge is 2.57. The van der Waals surface area contributed by atoms with Crippen molar-refractivity contribution in [2.24, 2.45) is 5.41 Å². The number of carbonyl (C=O) groups is 2. The number of halogens is 2. The third-order valence-electron chi connectivity index (χ3n) is 8.46. The summed E-state index contributed by atoms with van der Waals surface area (Å²) in [6.07, 6.45) is 5.32. The zero-order chi connectivity index (χ0) is 29.3. The zero-order valence-corrected chi connectivity index (χ0v) is 23.6. The smallest absolute Gasteiger partial charge is 0.253 e. The van der Waals surface area contributed by atoms with Crippen molar-refractivity contribution in [2.75, 3.05) is 26.2 Å². The highest BCUT2D eigenvalue weighted by molar-refractivity contribution is 5.96. The first-order chi connectivity index (χ1) is 19.7. The average molecular weight is 565 g/mol. The summed E-state index contributed by atoms with van der Waals surface area (Å²) >= 11 is 0. The molecule has 2 aromatic carbocycles. The minimum absolute atomic E-state index is 0.0341. The molecular formula is C31H34F2N4O4. The van der Waals surface area contributed by atoms with E-state index in [9.17, 15) is 18.4 Å². The molecule has 2 aliphatic carbocycles. The molecule has 1 spiro atoms. The van der Waals surface area contributed by atoms with Gasteiger partial charge in [0.1, 0.15) is 29.0 Å². The summed E-state index contributed by atoms with van der Waals surface area (Å²) < 4.78 is 38.7. The Bertz CT molecular complexity index is 1440. The predicted molar refractivity (Wildman–Crippen MR) is 150 cm³/mol. The Morgan fingerprint density at radius 2 is 1.80 bits per heavy atom. The van der Waals surface area contributed by atoms with E-state index in [1.54, 1.807) is 19.2 Å². The van der Waals surface area contributed by atoms with Crippen LogP contribution in [0.1, 0.15) is 57.5 Å². The highest BCUT2D eigenvalue weighted by Crippen LogP contribution is 2.59. The minimum Gasteiger partial charge on any atom is -0.497 e. The number of benzene rings is 2.